The van der Waals surface area contributed by atoms with Crippen LogP contribution < -0.4 is 9.64 Å². The number of benzene rings is 4. The number of fused-ring (bicyclic) bond motifs is 7. The maximum atomic E-state index is 14.2. The molecule has 3 aliphatic rings. The van der Waals surface area contributed by atoms with Crippen molar-refractivity contribution in [2.24, 2.45) is 17.8 Å². The van der Waals surface area contributed by atoms with Gasteiger partial charge >= 0.3 is 5.97 Å². The highest BCUT2D eigenvalue weighted by Crippen LogP contribution is 2.55. The molecule has 7 rings (SSSR count). The highest BCUT2D eigenvalue weighted by molar-refractivity contribution is 6.25. The van der Waals surface area contributed by atoms with Crippen LogP contribution >= 0.6 is 0 Å². The van der Waals surface area contributed by atoms with E-state index in [1.165, 1.54) is 4.90 Å². The van der Waals surface area contributed by atoms with Crippen molar-refractivity contribution in [3.05, 3.63) is 113 Å². The van der Waals surface area contributed by atoms with E-state index in [2.05, 4.69) is 0 Å². The maximum absolute atomic E-state index is 14.2. The molecule has 38 heavy (non-hydrogen) atoms. The second kappa shape index (κ2) is 8.25. The molecule has 0 aromatic heterocycles. The molecule has 0 spiro atoms. The molecule has 0 saturated carbocycles. The molecule has 2 heterocycles. The van der Waals surface area contributed by atoms with E-state index >= 15 is 0 Å². The normalized spacial score (nSPS) is 24.0. The number of carbonyl (C=O) groups excluding carboxylic acids is 3. The van der Waals surface area contributed by atoms with Crippen LogP contribution in [0.1, 0.15) is 28.2 Å². The predicted octanol–water partition coefficient (Wildman–Crippen LogP) is 5.98. The highest BCUT2D eigenvalue weighted by atomic mass is 16.5. The molecule has 0 unspecified atom stereocenters. The average Bonchev–Trinajstić information content (AvgIpc) is 3.19. The van der Waals surface area contributed by atoms with Crippen molar-refractivity contribution in [1.29, 1.82) is 0 Å². The zero-order valence-electron chi connectivity index (χ0n) is 21.0. The molecule has 4 atom stereocenters. The van der Waals surface area contributed by atoms with E-state index in [1.54, 1.807) is 0 Å². The number of rotatable bonds is 2. The topological polar surface area (TPSA) is 63.7 Å². The SMILES string of the molecule is Cc1ccc(C)c(N2C(=O)[C@@H]3[C@@H]4C(=O)Oc5ccc6ccccc6c5C4=C[C@@H](c4ccccc4)[C@H]3C2=O)c1. The van der Waals surface area contributed by atoms with Crippen LogP contribution in [0.3, 0.4) is 0 Å². The van der Waals surface area contributed by atoms with Crippen LogP contribution in [0.25, 0.3) is 16.3 Å². The molecular weight excluding hydrogens is 474 g/mol. The fourth-order valence-corrected chi connectivity index (χ4v) is 6.53. The number of carbonyl (C=O) groups is 3. The van der Waals surface area contributed by atoms with Crippen LogP contribution in [-0.4, -0.2) is 17.8 Å². The third kappa shape index (κ3) is 3.14. The van der Waals surface area contributed by atoms with E-state index in [4.69, 9.17) is 4.74 Å². The lowest BCUT2D eigenvalue weighted by Gasteiger charge is -2.38. The third-order valence-corrected chi connectivity index (χ3v) is 8.27. The highest BCUT2D eigenvalue weighted by Gasteiger charge is 2.60. The first-order valence-electron chi connectivity index (χ1n) is 12.9. The van der Waals surface area contributed by atoms with Crippen molar-refractivity contribution >= 4 is 39.8 Å². The molecule has 0 N–H and O–H groups in total. The van der Waals surface area contributed by atoms with Gasteiger partial charge in [0.25, 0.3) is 0 Å². The van der Waals surface area contributed by atoms with Crippen molar-refractivity contribution in [3.8, 4) is 5.75 Å². The number of ether oxygens (including phenoxy) is 1. The monoisotopic (exact) mass is 499 g/mol. The summed E-state index contributed by atoms with van der Waals surface area (Å²) in [6.45, 7) is 3.83. The molecule has 5 heteroatoms. The summed E-state index contributed by atoms with van der Waals surface area (Å²) in [5.41, 5.74) is 4.92. The van der Waals surface area contributed by atoms with Gasteiger partial charge in [0.05, 0.1) is 23.4 Å². The minimum atomic E-state index is -0.857. The summed E-state index contributed by atoms with van der Waals surface area (Å²) in [6.07, 6.45) is 2.05. The van der Waals surface area contributed by atoms with Crippen molar-refractivity contribution in [3.63, 3.8) is 0 Å². The molecule has 186 valence electrons. The maximum Gasteiger partial charge on any atom is 0.319 e. The van der Waals surface area contributed by atoms with E-state index < -0.39 is 23.7 Å². The van der Waals surface area contributed by atoms with Gasteiger partial charge in [-0.3, -0.25) is 14.4 Å². The number of anilines is 1. The molecule has 4 aromatic carbocycles. The summed E-state index contributed by atoms with van der Waals surface area (Å²) in [4.78, 5) is 43.3. The smallest absolute Gasteiger partial charge is 0.319 e. The molecule has 2 amide bonds. The van der Waals surface area contributed by atoms with E-state index in [0.29, 0.717) is 11.4 Å². The Morgan fingerprint density at radius 2 is 1.50 bits per heavy atom. The molecule has 1 fully saturated rings. The third-order valence-electron chi connectivity index (χ3n) is 8.27. The zero-order valence-corrected chi connectivity index (χ0v) is 21.0. The van der Waals surface area contributed by atoms with Gasteiger partial charge in [-0.1, -0.05) is 78.9 Å². The van der Waals surface area contributed by atoms with Crippen LogP contribution in [0.5, 0.6) is 5.75 Å². The predicted molar refractivity (Wildman–Crippen MR) is 146 cm³/mol. The summed E-state index contributed by atoms with van der Waals surface area (Å²) < 4.78 is 5.86. The second-order valence-electron chi connectivity index (χ2n) is 10.5. The minimum absolute atomic E-state index is 0.269. The first-order valence-corrected chi connectivity index (χ1v) is 12.9. The molecule has 4 aromatic rings. The van der Waals surface area contributed by atoms with Gasteiger partial charge in [-0.15, -0.1) is 0 Å². The molecule has 2 aliphatic heterocycles. The standard InChI is InChI=1S/C33H25NO4/c1-18-12-13-19(2)25(16-18)34-31(35)28-23(20-8-4-3-5-9-20)17-24-27-22-11-7-6-10-21(22)14-15-26(27)38-33(37)29(24)30(28)32(34)36/h3-17,23,28-30H,1-2H3/t23-,28+,29+,30-/m0/s1. The Hall–Kier alpha value is -4.51. The number of imide groups is 1. The van der Waals surface area contributed by atoms with E-state index in [1.807, 2.05) is 105 Å². The van der Waals surface area contributed by atoms with Crippen LogP contribution in [0.15, 0.2) is 91.0 Å². The van der Waals surface area contributed by atoms with Gasteiger partial charge in [0, 0.05) is 11.5 Å². The van der Waals surface area contributed by atoms with E-state index in [0.717, 1.165) is 38.6 Å². The zero-order chi connectivity index (χ0) is 26.1. The Balaban J connectivity index is 1.48. The fourth-order valence-electron chi connectivity index (χ4n) is 6.53. The van der Waals surface area contributed by atoms with Crippen molar-refractivity contribution in [2.75, 3.05) is 4.90 Å². The number of hydrogen-bond donors (Lipinski definition) is 0. The molecular formula is C33H25NO4. The lowest BCUT2D eigenvalue weighted by Crippen LogP contribution is -2.42. The van der Waals surface area contributed by atoms with E-state index in [-0.39, 0.29) is 17.7 Å². The van der Waals surface area contributed by atoms with Crippen LogP contribution in [0.2, 0.25) is 0 Å². The lowest BCUT2D eigenvalue weighted by atomic mass is 9.64. The molecule has 5 nitrogen and oxygen atoms in total. The summed E-state index contributed by atoms with van der Waals surface area (Å²) in [5.74, 6) is -3.38. The first kappa shape index (κ1) is 22.7. The Labute approximate surface area is 220 Å². The summed E-state index contributed by atoms with van der Waals surface area (Å²) in [7, 11) is 0. The summed E-state index contributed by atoms with van der Waals surface area (Å²) in [5, 5.41) is 1.98. The van der Waals surface area contributed by atoms with Crippen LogP contribution in [0.4, 0.5) is 5.69 Å². The quantitative estimate of drug-likeness (QED) is 0.193. The van der Waals surface area contributed by atoms with Crippen molar-refractivity contribution in [2.45, 2.75) is 19.8 Å². The Kier molecular flexibility index (Phi) is 4.92. The molecule has 0 bridgehead atoms. The first-order chi connectivity index (χ1) is 18.4. The minimum Gasteiger partial charge on any atom is -0.425 e. The van der Waals surface area contributed by atoms with Gasteiger partial charge in [-0.2, -0.15) is 0 Å². The number of nitrogens with zero attached hydrogens (tertiary/aromatic N) is 1. The Morgan fingerprint density at radius 3 is 2.32 bits per heavy atom. The van der Waals surface area contributed by atoms with Gasteiger partial charge in [0.15, 0.2) is 0 Å². The van der Waals surface area contributed by atoms with Crippen LogP contribution in [0, 0.1) is 31.6 Å². The Bertz CT molecular complexity index is 1700. The largest absolute Gasteiger partial charge is 0.425 e. The molecule has 0 radical (unpaired) electrons. The summed E-state index contributed by atoms with van der Waals surface area (Å²) in [6, 6.07) is 27.3. The fraction of sp³-hybridized carbons (Fsp3) is 0.182. The van der Waals surface area contributed by atoms with Gasteiger partial charge < -0.3 is 4.74 Å². The van der Waals surface area contributed by atoms with Crippen LogP contribution in [-0.2, 0) is 14.4 Å². The number of esters is 1. The number of allylic oxidation sites excluding steroid dienone is 1. The van der Waals surface area contributed by atoms with Crippen molar-refractivity contribution < 1.29 is 19.1 Å². The van der Waals surface area contributed by atoms with Gasteiger partial charge in [-0.05, 0) is 59.0 Å². The van der Waals surface area contributed by atoms with Gasteiger partial charge in [-0.25, -0.2) is 4.90 Å². The second-order valence-corrected chi connectivity index (χ2v) is 10.5. The number of amides is 2. The Morgan fingerprint density at radius 1 is 0.763 bits per heavy atom. The summed E-state index contributed by atoms with van der Waals surface area (Å²) >= 11 is 0. The number of hydrogen-bond acceptors (Lipinski definition) is 4. The lowest BCUT2D eigenvalue weighted by molar-refractivity contribution is -0.142. The van der Waals surface area contributed by atoms with E-state index in [9.17, 15) is 14.4 Å². The number of aryl methyl sites for hydroxylation is 2. The van der Waals surface area contributed by atoms with Crippen molar-refractivity contribution in [1.82, 2.24) is 0 Å². The molecule has 1 saturated heterocycles. The van der Waals surface area contributed by atoms with Gasteiger partial charge in [0.1, 0.15) is 5.75 Å². The van der Waals surface area contributed by atoms with Gasteiger partial charge in [0.2, 0.25) is 11.8 Å². The average molecular weight is 500 g/mol. The molecule has 1 aliphatic carbocycles.